The van der Waals surface area contributed by atoms with Crippen molar-refractivity contribution in [3.63, 3.8) is 0 Å². The normalized spacial score (nSPS) is 13.3. The lowest BCUT2D eigenvalue weighted by molar-refractivity contribution is -0.130. The van der Waals surface area contributed by atoms with Crippen LogP contribution in [0.5, 0.6) is 0 Å². The zero-order valence-electron chi connectivity index (χ0n) is 17.5. The molecule has 0 aliphatic carbocycles. The third-order valence-electron chi connectivity index (χ3n) is 5.27. The Morgan fingerprint density at radius 3 is 2.34 bits per heavy atom. The molecule has 0 aliphatic rings. The van der Waals surface area contributed by atoms with Crippen LogP contribution in [0.1, 0.15) is 43.5 Å². The summed E-state index contributed by atoms with van der Waals surface area (Å²) in [5, 5.41) is 7.07. The van der Waals surface area contributed by atoms with Gasteiger partial charge in [-0.3, -0.25) is 9.59 Å². The van der Waals surface area contributed by atoms with Gasteiger partial charge in [0.1, 0.15) is 6.04 Å². The molecule has 1 heterocycles. The lowest BCUT2D eigenvalue weighted by Gasteiger charge is -2.23. The van der Waals surface area contributed by atoms with E-state index in [9.17, 15) is 9.59 Å². The van der Waals surface area contributed by atoms with Gasteiger partial charge in [-0.15, -0.1) is 0 Å². The van der Waals surface area contributed by atoms with Gasteiger partial charge in [-0.1, -0.05) is 56.3 Å². The minimum Gasteiger partial charge on any atom is -0.361 e. The van der Waals surface area contributed by atoms with Crippen molar-refractivity contribution < 1.29 is 9.59 Å². The first kappa shape index (κ1) is 20.6. The monoisotopic (exact) mass is 391 g/mol. The van der Waals surface area contributed by atoms with E-state index in [1.807, 2.05) is 82.4 Å². The van der Waals surface area contributed by atoms with Crippen LogP contribution in [0.2, 0.25) is 0 Å². The summed E-state index contributed by atoms with van der Waals surface area (Å²) in [6, 6.07) is 15.2. The molecule has 2 unspecified atom stereocenters. The third-order valence-corrected chi connectivity index (χ3v) is 5.27. The van der Waals surface area contributed by atoms with E-state index in [1.165, 1.54) is 0 Å². The second-order valence-corrected chi connectivity index (χ2v) is 7.87. The number of rotatable bonds is 7. The van der Waals surface area contributed by atoms with E-state index in [1.54, 1.807) is 0 Å². The lowest BCUT2D eigenvalue weighted by Crippen LogP contribution is -2.49. The molecular formula is C24H29N3O2. The van der Waals surface area contributed by atoms with Crippen LogP contribution in [0.25, 0.3) is 10.9 Å². The number of aromatic amines is 1. The van der Waals surface area contributed by atoms with Gasteiger partial charge in [0.25, 0.3) is 0 Å². The Morgan fingerprint density at radius 1 is 0.931 bits per heavy atom. The Hall–Kier alpha value is -3.08. The van der Waals surface area contributed by atoms with Crippen LogP contribution in [0.15, 0.2) is 54.7 Å². The molecule has 5 heteroatoms. The summed E-state index contributed by atoms with van der Waals surface area (Å²) in [7, 11) is 0. The van der Waals surface area contributed by atoms with Crippen molar-refractivity contribution >= 4 is 22.7 Å². The Bertz CT molecular complexity index is 1010. The number of fused-ring (bicyclic) bond motifs is 1. The number of amides is 2. The third kappa shape index (κ3) is 4.86. The molecule has 0 aliphatic heterocycles. The van der Waals surface area contributed by atoms with Crippen LogP contribution >= 0.6 is 0 Å². The maximum atomic E-state index is 13.1. The number of carbonyl (C=O) groups excluding carboxylic acids is 2. The fraction of sp³-hybridized carbons (Fsp3) is 0.333. The summed E-state index contributed by atoms with van der Waals surface area (Å²) in [6.07, 6.45) is 2.34. The largest absolute Gasteiger partial charge is 0.361 e. The van der Waals surface area contributed by atoms with Crippen molar-refractivity contribution in [1.82, 2.24) is 15.6 Å². The summed E-state index contributed by atoms with van der Waals surface area (Å²) in [6.45, 7) is 7.65. The van der Waals surface area contributed by atoms with Crippen LogP contribution in [-0.2, 0) is 16.0 Å². The van der Waals surface area contributed by atoms with E-state index in [2.05, 4.69) is 15.6 Å². The SMILES string of the molecule is Cc1ccccc1C(C)NC(=O)C(Cc1c[nH]c2ccccc12)NC(=O)C(C)C. The topological polar surface area (TPSA) is 74.0 Å². The van der Waals surface area contributed by atoms with E-state index in [0.29, 0.717) is 6.42 Å². The molecule has 152 valence electrons. The zero-order chi connectivity index (χ0) is 21.0. The molecule has 29 heavy (non-hydrogen) atoms. The number of para-hydroxylation sites is 1. The molecule has 1 aromatic heterocycles. The van der Waals surface area contributed by atoms with Gasteiger partial charge >= 0.3 is 0 Å². The van der Waals surface area contributed by atoms with Crippen LogP contribution < -0.4 is 10.6 Å². The molecule has 0 spiro atoms. The van der Waals surface area contributed by atoms with Crippen LogP contribution in [0, 0.1) is 12.8 Å². The zero-order valence-corrected chi connectivity index (χ0v) is 17.5. The van der Waals surface area contributed by atoms with Gasteiger partial charge < -0.3 is 15.6 Å². The molecule has 0 saturated carbocycles. The van der Waals surface area contributed by atoms with Crippen molar-refractivity contribution in [3.8, 4) is 0 Å². The summed E-state index contributed by atoms with van der Waals surface area (Å²) in [5.41, 5.74) is 4.22. The Kier molecular flexibility index (Phi) is 6.37. The molecule has 0 bridgehead atoms. The summed E-state index contributed by atoms with van der Waals surface area (Å²) < 4.78 is 0. The number of hydrogen-bond donors (Lipinski definition) is 3. The highest BCUT2D eigenvalue weighted by Gasteiger charge is 2.25. The second kappa shape index (κ2) is 8.95. The van der Waals surface area contributed by atoms with E-state index in [4.69, 9.17) is 0 Å². The standard InChI is InChI=1S/C24H29N3O2/c1-15(2)23(28)27-22(13-18-14-25-21-12-8-7-11-20(18)21)24(29)26-17(4)19-10-6-5-9-16(19)3/h5-12,14-15,17,22,25H,13H2,1-4H3,(H,26,29)(H,27,28). The van der Waals surface area contributed by atoms with Crippen molar-refractivity contribution in [2.45, 2.75) is 46.2 Å². The van der Waals surface area contributed by atoms with Crippen LogP contribution in [-0.4, -0.2) is 22.8 Å². The van der Waals surface area contributed by atoms with E-state index >= 15 is 0 Å². The van der Waals surface area contributed by atoms with Crippen LogP contribution in [0.3, 0.4) is 0 Å². The first-order valence-corrected chi connectivity index (χ1v) is 10.1. The van der Waals surface area contributed by atoms with Gasteiger partial charge in [-0.2, -0.15) is 0 Å². The highest BCUT2D eigenvalue weighted by Crippen LogP contribution is 2.20. The number of nitrogens with one attached hydrogen (secondary N) is 3. The minimum absolute atomic E-state index is 0.131. The molecule has 5 nitrogen and oxygen atoms in total. The predicted octanol–water partition coefficient (Wildman–Crippen LogP) is 4.04. The molecule has 0 saturated heterocycles. The molecule has 2 amide bonds. The molecule has 2 aromatic carbocycles. The summed E-state index contributed by atoms with van der Waals surface area (Å²) in [4.78, 5) is 28.7. The Labute approximate surface area is 171 Å². The molecular weight excluding hydrogens is 362 g/mol. The lowest BCUT2D eigenvalue weighted by atomic mass is 10.0. The number of aromatic nitrogens is 1. The van der Waals surface area contributed by atoms with E-state index in [0.717, 1.165) is 27.6 Å². The Balaban J connectivity index is 1.81. The molecule has 2 atom stereocenters. The van der Waals surface area contributed by atoms with Gasteiger partial charge in [0.2, 0.25) is 11.8 Å². The molecule has 0 radical (unpaired) electrons. The maximum Gasteiger partial charge on any atom is 0.243 e. The number of carbonyl (C=O) groups is 2. The fourth-order valence-electron chi connectivity index (χ4n) is 3.53. The first-order chi connectivity index (χ1) is 13.9. The van der Waals surface area contributed by atoms with Crippen molar-refractivity contribution in [1.29, 1.82) is 0 Å². The second-order valence-electron chi connectivity index (χ2n) is 7.87. The molecule has 3 rings (SSSR count). The predicted molar refractivity (Wildman–Crippen MR) is 117 cm³/mol. The average Bonchev–Trinajstić information content (AvgIpc) is 3.10. The average molecular weight is 392 g/mol. The van der Waals surface area contributed by atoms with Gasteiger partial charge in [0.05, 0.1) is 6.04 Å². The van der Waals surface area contributed by atoms with Crippen molar-refractivity contribution in [3.05, 3.63) is 71.4 Å². The minimum atomic E-state index is -0.643. The van der Waals surface area contributed by atoms with Gasteiger partial charge in [0.15, 0.2) is 0 Å². The fourth-order valence-corrected chi connectivity index (χ4v) is 3.53. The number of aryl methyl sites for hydroxylation is 1. The van der Waals surface area contributed by atoms with E-state index in [-0.39, 0.29) is 23.8 Å². The number of benzene rings is 2. The smallest absolute Gasteiger partial charge is 0.243 e. The summed E-state index contributed by atoms with van der Waals surface area (Å²) >= 11 is 0. The maximum absolute atomic E-state index is 13.1. The molecule has 3 N–H and O–H groups in total. The molecule has 0 fully saturated rings. The van der Waals surface area contributed by atoms with Gasteiger partial charge in [-0.25, -0.2) is 0 Å². The molecule has 3 aromatic rings. The highest BCUT2D eigenvalue weighted by molar-refractivity contribution is 5.90. The van der Waals surface area contributed by atoms with Gasteiger partial charge in [-0.05, 0) is 36.6 Å². The van der Waals surface area contributed by atoms with Crippen molar-refractivity contribution in [2.75, 3.05) is 0 Å². The highest BCUT2D eigenvalue weighted by atomic mass is 16.2. The number of hydrogen-bond acceptors (Lipinski definition) is 2. The number of H-pyrrole nitrogens is 1. The van der Waals surface area contributed by atoms with Gasteiger partial charge in [0, 0.05) is 29.4 Å². The summed E-state index contributed by atoms with van der Waals surface area (Å²) in [5.74, 6) is -0.504. The first-order valence-electron chi connectivity index (χ1n) is 10.1. The quantitative estimate of drug-likeness (QED) is 0.569. The van der Waals surface area contributed by atoms with E-state index < -0.39 is 6.04 Å². The Morgan fingerprint density at radius 2 is 1.62 bits per heavy atom. The van der Waals surface area contributed by atoms with Crippen LogP contribution in [0.4, 0.5) is 0 Å². The van der Waals surface area contributed by atoms with Crippen molar-refractivity contribution in [2.24, 2.45) is 5.92 Å².